The van der Waals surface area contributed by atoms with E-state index in [0.717, 1.165) is 17.7 Å². The Morgan fingerprint density at radius 1 is 1.21 bits per heavy atom. The molecule has 0 aromatic heterocycles. The van der Waals surface area contributed by atoms with Crippen LogP contribution in [0.2, 0.25) is 0 Å². The van der Waals surface area contributed by atoms with Gasteiger partial charge in [-0.2, -0.15) is 8.78 Å². The van der Waals surface area contributed by atoms with Crippen molar-refractivity contribution in [2.45, 2.75) is 24.2 Å². The minimum atomic E-state index is -4.96. The molecule has 0 radical (unpaired) electrons. The van der Waals surface area contributed by atoms with Crippen LogP contribution in [0.25, 0.3) is 0 Å². The van der Waals surface area contributed by atoms with Crippen molar-refractivity contribution in [2.75, 3.05) is 5.75 Å². The molecule has 0 unspecified atom stereocenters. The maximum atomic E-state index is 12.7. The first-order valence-corrected chi connectivity index (χ1v) is 6.71. The number of hydrogen-bond acceptors (Lipinski definition) is 3. The predicted octanol–water partition coefficient (Wildman–Crippen LogP) is 2.24. The zero-order valence-electron chi connectivity index (χ0n) is 9.74. The lowest BCUT2D eigenvalue weighted by Crippen LogP contribution is -2.40. The molecule has 19 heavy (non-hydrogen) atoms. The van der Waals surface area contributed by atoms with Crippen LogP contribution in [0.4, 0.5) is 17.6 Å². The summed E-state index contributed by atoms with van der Waals surface area (Å²) < 4.78 is 72.5. The summed E-state index contributed by atoms with van der Waals surface area (Å²) in [5, 5.41) is 0. The quantitative estimate of drug-likeness (QED) is 0.783. The standard InChI is InChI=1S/C11H10F4O3S/c1-7-2-4-8(5-3-7)19(17,18)6-9(16)11(14,15)10(12)13/h2-5,10H,6H2,1H3. The molecule has 0 N–H and O–H groups in total. The molecule has 0 aliphatic heterocycles. The van der Waals surface area contributed by atoms with Gasteiger partial charge >= 0.3 is 12.3 Å². The van der Waals surface area contributed by atoms with E-state index in [-0.39, 0.29) is 4.90 Å². The first-order valence-electron chi connectivity index (χ1n) is 5.06. The summed E-state index contributed by atoms with van der Waals surface area (Å²) in [6.45, 7) is 1.67. The zero-order valence-corrected chi connectivity index (χ0v) is 10.6. The van der Waals surface area contributed by atoms with Gasteiger partial charge in [-0.15, -0.1) is 0 Å². The second-order valence-corrected chi connectivity index (χ2v) is 5.91. The Labute approximate surface area is 107 Å². The van der Waals surface area contributed by atoms with Gasteiger partial charge in [0.2, 0.25) is 5.78 Å². The minimum absolute atomic E-state index is 0.364. The van der Waals surface area contributed by atoms with Crippen LogP contribution in [-0.2, 0) is 14.6 Å². The molecule has 0 amide bonds. The SMILES string of the molecule is Cc1ccc(S(=O)(=O)CC(=O)C(F)(F)C(F)F)cc1. The Morgan fingerprint density at radius 3 is 2.11 bits per heavy atom. The largest absolute Gasteiger partial charge is 0.365 e. The molecule has 0 aliphatic rings. The number of carbonyl (C=O) groups is 1. The van der Waals surface area contributed by atoms with Gasteiger partial charge in [0.1, 0.15) is 5.75 Å². The van der Waals surface area contributed by atoms with Crippen molar-refractivity contribution in [2.24, 2.45) is 0 Å². The van der Waals surface area contributed by atoms with E-state index in [2.05, 4.69) is 0 Å². The normalized spacial score (nSPS) is 12.7. The third-order valence-electron chi connectivity index (χ3n) is 2.35. The summed E-state index contributed by atoms with van der Waals surface area (Å²) in [6.07, 6.45) is -4.23. The highest BCUT2D eigenvalue weighted by Crippen LogP contribution is 2.25. The van der Waals surface area contributed by atoms with Crippen molar-refractivity contribution in [3.63, 3.8) is 0 Å². The molecule has 0 fully saturated rings. The van der Waals surface area contributed by atoms with Crippen LogP contribution in [-0.4, -0.2) is 32.3 Å². The number of sulfone groups is 1. The number of hydrogen-bond donors (Lipinski definition) is 0. The van der Waals surface area contributed by atoms with E-state index in [1.54, 1.807) is 6.92 Å². The van der Waals surface area contributed by atoms with Crippen LogP contribution >= 0.6 is 0 Å². The average Bonchev–Trinajstić information content (AvgIpc) is 2.28. The second-order valence-electron chi connectivity index (χ2n) is 3.92. The third-order valence-corrected chi connectivity index (χ3v) is 3.98. The fraction of sp³-hybridized carbons (Fsp3) is 0.364. The fourth-order valence-corrected chi connectivity index (χ4v) is 2.47. The number of carbonyl (C=O) groups excluding carboxylic acids is 1. The van der Waals surface area contributed by atoms with Gasteiger partial charge in [0.05, 0.1) is 4.90 Å². The topological polar surface area (TPSA) is 51.2 Å². The highest BCUT2D eigenvalue weighted by molar-refractivity contribution is 7.92. The number of halogens is 4. The summed E-state index contributed by atoms with van der Waals surface area (Å²) in [7, 11) is -4.36. The van der Waals surface area contributed by atoms with E-state index in [0.29, 0.717) is 0 Å². The summed E-state index contributed by atoms with van der Waals surface area (Å²) >= 11 is 0. The first kappa shape index (κ1) is 15.6. The molecule has 1 rings (SSSR count). The van der Waals surface area contributed by atoms with Gasteiger partial charge in [-0.3, -0.25) is 4.79 Å². The first-order chi connectivity index (χ1) is 8.57. The van der Waals surface area contributed by atoms with E-state index in [1.165, 1.54) is 12.1 Å². The highest BCUT2D eigenvalue weighted by Gasteiger charge is 2.49. The van der Waals surface area contributed by atoms with Crippen molar-refractivity contribution in [1.82, 2.24) is 0 Å². The van der Waals surface area contributed by atoms with E-state index in [1.807, 2.05) is 0 Å². The van der Waals surface area contributed by atoms with Gasteiger partial charge in [-0.1, -0.05) is 17.7 Å². The minimum Gasteiger partial charge on any atom is -0.292 e. The molecule has 0 bridgehead atoms. The Kier molecular flexibility index (Phi) is 4.34. The summed E-state index contributed by atoms with van der Waals surface area (Å²) in [4.78, 5) is 10.6. The van der Waals surface area contributed by atoms with E-state index >= 15 is 0 Å². The van der Waals surface area contributed by atoms with Crippen molar-refractivity contribution in [3.05, 3.63) is 29.8 Å². The molecule has 3 nitrogen and oxygen atoms in total. The van der Waals surface area contributed by atoms with Gasteiger partial charge in [0.25, 0.3) is 0 Å². The predicted molar refractivity (Wildman–Crippen MR) is 59.2 cm³/mol. The van der Waals surface area contributed by atoms with Crippen LogP contribution in [0, 0.1) is 6.92 Å². The second kappa shape index (κ2) is 5.28. The fourth-order valence-electron chi connectivity index (χ4n) is 1.22. The van der Waals surface area contributed by atoms with Crippen LogP contribution < -0.4 is 0 Å². The van der Waals surface area contributed by atoms with Gasteiger partial charge in [0.15, 0.2) is 9.84 Å². The smallest absolute Gasteiger partial charge is 0.292 e. The lowest BCUT2D eigenvalue weighted by atomic mass is 10.2. The molecule has 0 saturated heterocycles. The lowest BCUT2D eigenvalue weighted by Gasteiger charge is -2.13. The zero-order chi connectivity index (χ0) is 14.8. The Hall–Kier alpha value is -1.44. The van der Waals surface area contributed by atoms with Crippen LogP contribution in [0.3, 0.4) is 0 Å². The lowest BCUT2D eigenvalue weighted by molar-refractivity contribution is -0.164. The van der Waals surface area contributed by atoms with Crippen molar-refractivity contribution in [1.29, 1.82) is 0 Å². The molecule has 1 aromatic rings. The summed E-state index contributed by atoms with van der Waals surface area (Å²) in [6, 6.07) is 5.06. The third kappa shape index (κ3) is 3.52. The van der Waals surface area contributed by atoms with Gasteiger partial charge in [-0.05, 0) is 19.1 Å². The van der Waals surface area contributed by atoms with Crippen LogP contribution in [0.5, 0.6) is 0 Å². The number of benzene rings is 1. The van der Waals surface area contributed by atoms with Gasteiger partial charge in [0, 0.05) is 0 Å². The van der Waals surface area contributed by atoms with E-state index < -0.39 is 33.7 Å². The number of alkyl halides is 4. The van der Waals surface area contributed by atoms with E-state index in [4.69, 9.17) is 0 Å². The molecule has 0 atom stereocenters. The number of ketones is 1. The molecule has 106 valence electrons. The number of Topliss-reactive ketones (excluding diaryl/α,β-unsaturated/α-hetero) is 1. The monoisotopic (exact) mass is 298 g/mol. The Balaban J connectivity index is 2.98. The number of aryl methyl sites for hydroxylation is 1. The van der Waals surface area contributed by atoms with Crippen LogP contribution in [0.1, 0.15) is 5.56 Å². The molecule has 0 heterocycles. The van der Waals surface area contributed by atoms with Crippen molar-refractivity contribution < 1.29 is 30.8 Å². The molecular weight excluding hydrogens is 288 g/mol. The van der Waals surface area contributed by atoms with Crippen molar-refractivity contribution >= 4 is 15.6 Å². The average molecular weight is 298 g/mol. The summed E-state index contributed by atoms with van der Waals surface area (Å²) in [5.74, 6) is -8.94. The molecule has 0 saturated carbocycles. The van der Waals surface area contributed by atoms with Crippen LogP contribution in [0.15, 0.2) is 29.2 Å². The van der Waals surface area contributed by atoms with E-state index in [9.17, 15) is 30.8 Å². The Morgan fingerprint density at radius 2 is 1.68 bits per heavy atom. The molecule has 0 spiro atoms. The van der Waals surface area contributed by atoms with Crippen molar-refractivity contribution in [3.8, 4) is 0 Å². The maximum Gasteiger partial charge on any atom is 0.365 e. The maximum absolute atomic E-state index is 12.7. The number of rotatable bonds is 5. The molecule has 8 heteroatoms. The Bertz CT molecular complexity index is 564. The molecular formula is C11H10F4O3S. The summed E-state index contributed by atoms with van der Waals surface area (Å²) in [5.41, 5.74) is 0.725. The van der Waals surface area contributed by atoms with Gasteiger partial charge in [-0.25, -0.2) is 17.2 Å². The van der Waals surface area contributed by atoms with Gasteiger partial charge < -0.3 is 0 Å². The molecule has 0 aliphatic carbocycles. The highest BCUT2D eigenvalue weighted by atomic mass is 32.2. The molecule has 1 aromatic carbocycles.